The number of hydrogen-bond acceptors (Lipinski definition) is 2. The summed E-state index contributed by atoms with van der Waals surface area (Å²) in [5, 5.41) is 2.54. The SMILES string of the molecule is COC(=O)NCC/C=C/CCl. The predicted octanol–water partition coefficient (Wildman–Crippen LogP) is 1.53. The van der Waals surface area contributed by atoms with Crippen molar-refractivity contribution in [2.75, 3.05) is 19.5 Å². The van der Waals surface area contributed by atoms with Gasteiger partial charge in [-0.05, 0) is 6.42 Å². The predicted molar refractivity (Wildman–Crippen MR) is 44.9 cm³/mol. The number of nitrogens with one attached hydrogen (secondary N) is 1. The highest BCUT2D eigenvalue weighted by Crippen LogP contribution is 1.83. The van der Waals surface area contributed by atoms with E-state index in [2.05, 4.69) is 10.1 Å². The van der Waals surface area contributed by atoms with E-state index < -0.39 is 6.09 Å². The molecule has 0 aromatic carbocycles. The first-order chi connectivity index (χ1) is 5.31. The third-order valence-electron chi connectivity index (χ3n) is 1.02. The first-order valence-electron chi connectivity index (χ1n) is 3.34. The van der Waals surface area contributed by atoms with Crippen LogP contribution in [0.3, 0.4) is 0 Å². The molecule has 0 aromatic rings. The minimum atomic E-state index is -0.399. The molecule has 0 fully saturated rings. The molecule has 0 aliphatic carbocycles. The number of hydrogen-bond donors (Lipinski definition) is 1. The Hall–Kier alpha value is -0.700. The maximum absolute atomic E-state index is 10.5. The second-order valence-corrected chi connectivity index (χ2v) is 2.14. The maximum Gasteiger partial charge on any atom is 0.406 e. The molecule has 0 atom stereocenters. The lowest BCUT2D eigenvalue weighted by molar-refractivity contribution is 0.171. The quantitative estimate of drug-likeness (QED) is 0.402. The summed E-state index contributed by atoms with van der Waals surface area (Å²) >= 11 is 5.37. The number of rotatable bonds is 4. The molecule has 0 saturated heterocycles. The van der Waals surface area contributed by atoms with E-state index in [-0.39, 0.29) is 0 Å². The fraction of sp³-hybridized carbons (Fsp3) is 0.571. The summed E-state index contributed by atoms with van der Waals surface area (Å²) in [6.45, 7) is 0.583. The number of alkyl carbamates (subject to hydrolysis) is 1. The number of amides is 1. The highest BCUT2D eigenvalue weighted by Gasteiger charge is 1.93. The van der Waals surface area contributed by atoms with E-state index in [1.807, 2.05) is 12.2 Å². The van der Waals surface area contributed by atoms with E-state index in [1.54, 1.807) is 0 Å². The number of allylic oxidation sites excluding steroid dienone is 1. The number of halogens is 1. The van der Waals surface area contributed by atoms with Crippen molar-refractivity contribution < 1.29 is 9.53 Å². The number of carbonyl (C=O) groups excluding carboxylic acids is 1. The highest BCUT2D eigenvalue weighted by molar-refractivity contribution is 6.18. The molecule has 0 radical (unpaired) electrons. The molecule has 0 aliphatic heterocycles. The Morgan fingerprint density at radius 2 is 2.36 bits per heavy atom. The second kappa shape index (κ2) is 7.41. The summed E-state index contributed by atoms with van der Waals surface area (Å²) in [6.07, 6.45) is 4.12. The average molecular weight is 178 g/mol. The molecule has 4 heteroatoms. The summed E-state index contributed by atoms with van der Waals surface area (Å²) in [7, 11) is 1.34. The summed E-state index contributed by atoms with van der Waals surface area (Å²) in [4.78, 5) is 10.5. The van der Waals surface area contributed by atoms with Crippen molar-refractivity contribution in [2.45, 2.75) is 6.42 Å². The van der Waals surface area contributed by atoms with Crippen LogP contribution in [-0.2, 0) is 4.74 Å². The lowest BCUT2D eigenvalue weighted by atomic mass is 10.4. The van der Waals surface area contributed by atoms with Crippen molar-refractivity contribution in [3.63, 3.8) is 0 Å². The van der Waals surface area contributed by atoms with Crippen molar-refractivity contribution >= 4 is 17.7 Å². The summed E-state index contributed by atoms with van der Waals surface area (Å²) in [6, 6.07) is 0. The molecule has 0 bridgehead atoms. The zero-order valence-electron chi connectivity index (χ0n) is 6.47. The van der Waals surface area contributed by atoms with Gasteiger partial charge < -0.3 is 10.1 Å². The Labute approximate surface area is 71.4 Å². The molecular formula is C7H12ClNO2. The fourth-order valence-corrected chi connectivity index (χ4v) is 0.637. The molecule has 0 spiro atoms. The van der Waals surface area contributed by atoms with Crippen LogP contribution in [0.2, 0.25) is 0 Å². The van der Waals surface area contributed by atoms with Crippen molar-refractivity contribution in [1.82, 2.24) is 5.32 Å². The van der Waals surface area contributed by atoms with Gasteiger partial charge in [0.15, 0.2) is 0 Å². The molecule has 1 amide bonds. The molecule has 0 aliphatic rings. The Morgan fingerprint density at radius 1 is 1.64 bits per heavy atom. The third-order valence-corrected chi connectivity index (χ3v) is 1.20. The Kier molecular flexibility index (Phi) is 6.94. The fourth-order valence-electron chi connectivity index (χ4n) is 0.511. The monoisotopic (exact) mass is 177 g/mol. The van der Waals surface area contributed by atoms with E-state index in [4.69, 9.17) is 11.6 Å². The lowest BCUT2D eigenvalue weighted by Crippen LogP contribution is -2.23. The number of ether oxygens (including phenoxy) is 1. The van der Waals surface area contributed by atoms with Crippen LogP contribution in [0.15, 0.2) is 12.2 Å². The molecule has 1 N–H and O–H groups in total. The van der Waals surface area contributed by atoms with E-state index in [0.29, 0.717) is 12.4 Å². The van der Waals surface area contributed by atoms with Gasteiger partial charge in [0.2, 0.25) is 0 Å². The van der Waals surface area contributed by atoms with Gasteiger partial charge in [0.25, 0.3) is 0 Å². The van der Waals surface area contributed by atoms with E-state index in [9.17, 15) is 4.79 Å². The normalized spacial score (nSPS) is 10.0. The van der Waals surface area contributed by atoms with Crippen LogP contribution < -0.4 is 5.32 Å². The molecular weight excluding hydrogens is 166 g/mol. The number of alkyl halides is 1. The van der Waals surface area contributed by atoms with E-state index in [1.165, 1.54) is 7.11 Å². The Bertz CT molecular complexity index is 136. The molecule has 0 saturated carbocycles. The van der Waals surface area contributed by atoms with Gasteiger partial charge in [-0.25, -0.2) is 4.79 Å². The van der Waals surface area contributed by atoms with Gasteiger partial charge >= 0.3 is 6.09 Å². The van der Waals surface area contributed by atoms with E-state index in [0.717, 1.165) is 6.42 Å². The summed E-state index contributed by atoms with van der Waals surface area (Å²) in [5.41, 5.74) is 0. The minimum absolute atomic E-state index is 0.399. The van der Waals surface area contributed by atoms with Crippen molar-refractivity contribution in [2.24, 2.45) is 0 Å². The summed E-state index contributed by atoms with van der Waals surface area (Å²) in [5.74, 6) is 0.512. The molecule has 0 unspecified atom stereocenters. The van der Waals surface area contributed by atoms with Gasteiger partial charge in [-0.15, -0.1) is 11.6 Å². The Balaban J connectivity index is 3.14. The highest BCUT2D eigenvalue weighted by atomic mass is 35.5. The van der Waals surface area contributed by atoms with Crippen LogP contribution in [0.25, 0.3) is 0 Å². The standard InChI is InChI=1S/C7H12ClNO2/c1-11-7(10)9-6-4-2-3-5-8/h2-3H,4-6H2,1H3,(H,9,10)/b3-2+. The molecule has 0 heterocycles. The molecule has 64 valence electrons. The molecule has 0 rings (SSSR count). The average Bonchev–Trinajstić information content (AvgIpc) is 2.04. The van der Waals surface area contributed by atoms with Gasteiger partial charge in [-0.2, -0.15) is 0 Å². The van der Waals surface area contributed by atoms with Crippen LogP contribution >= 0.6 is 11.6 Å². The molecule has 3 nitrogen and oxygen atoms in total. The van der Waals surface area contributed by atoms with Crippen molar-refractivity contribution in [3.05, 3.63) is 12.2 Å². The van der Waals surface area contributed by atoms with Gasteiger partial charge in [-0.1, -0.05) is 12.2 Å². The summed E-state index contributed by atoms with van der Waals surface area (Å²) < 4.78 is 4.36. The van der Waals surface area contributed by atoms with E-state index >= 15 is 0 Å². The zero-order chi connectivity index (χ0) is 8.53. The van der Waals surface area contributed by atoms with Crippen molar-refractivity contribution in [1.29, 1.82) is 0 Å². The zero-order valence-corrected chi connectivity index (χ0v) is 7.23. The van der Waals surface area contributed by atoms with Crippen LogP contribution in [-0.4, -0.2) is 25.6 Å². The van der Waals surface area contributed by atoms with Gasteiger partial charge in [0.05, 0.1) is 7.11 Å². The minimum Gasteiger partial charge on any atom is -0.453 e. The number of carbonyl (C=O) groups is 1. The Morgan fingerprint density at radius 3 is 2.91 bits per heavy atom. The lowest BCUT2D eigenvalue weighted by Gasteiger charge is -1.99. The van der Waals surface area contributed by atoms with Crippen LogP contribution in [0, 0.1) is 0 Å². The second-order valence-electron chi connectivity index (χ2n) is 1.83. The van der Waals surface area contributed by atoms with Gasteiger partial charge in [-0.3, -0.25) is 0 Å². The number of methoxy groups -OCH3 is 1. The van der Waals surface area contributed by atoms with Gasteiger partial charge in [0, 0.05) is 12.4 Å². The van der Waals surface area contributed by atoms with Crippen molar-refractivity contribution in [3.8, 4) is 0 Å². The van der Waals surface area contributed by atoms with Crippen LogP contribution in [0.5, 0.6) is 0 Å². The topological polar surface area (TPSA) is 38.3 Å². The van der Waals surface area contributed by atoms with Crippen LogP contribution in [0.4, 0.5) is 4.79 Å². The first-order valence-corrected chi connectivity index (χ1v) is 3.87. The third kappa shape index (κ3) is 7.19. The van der Waals surface area contributed by atoms with Crippen LogP contribution in [0.1, 0.15) is 6.42 Å². The van der Waals surface area contributed by atoms with Gasteiger partial charge in [0.1, 0.15) is 0 Å². The largest absolute Gasteiger partial charge is 0.453 e. The molecule has 11 heavy (non-hydrogen) atoms. The first kappa shape index (κ1) is 10.3. The molecule has 0 aromatic heterocycles. The smallest absolute Gasteiger partial charge is 0.406 e. The maximum atomic E-state index is 10.5.